The number of hydrogen-bond donors (Lipinski definition) is 0. The largest absolute Gasteiger partial charge is 0.430 e. The Labute approximate surface area is 112 Å². The third-order valence-corrected chi connectivity index (χ3v) is 2.87. The maximum Gasteiger partial charge on any atom is 0.420 e. The van der Waals surface area contributed by atoms with Crippen molar-refractivity contribution in [2.24, 2.45) is 0 Å². The van der Waals surface area contributed by atoms with E-state index in [1.165, 1.54) is 11.6 Å². The van der Waals surface area contributed by atoms with Crippen molar-refractivity contribution < 1.29 is 31.1 Å². The fourth-order valence-corrected chi connectivity index (χ4v) is 1.87. The van der Waals surface area contributed by atoms with E-state index in [0.717, 1.165) is 11.3 Å². The number of alkyl halides is 6. The predicted molar refractivity (Wildman–Crippen MR) is 58.6 cm³/mol. The van der Waals surface area contributed by atoms with Crippen molar-refractivity contribution in [2.75, 3.05) is 0 Å². The summed E-state index contributed by atoms with van der Waals surface area (Å²) >= 11 is 0.924. The van der Waals surface area contributed by atoms with Gasteiger partial charge in [0.1, 0.15) is 5.75 Å². The summed E-state index contributed by atoms with van der Waals surface area (Å²) in [5.41, 5.74) is -2.89. The predicted octanol–water partition coefficient (Wildman–Crippen LogP) is 4.97. The van der Waals surface area contributed by atoms with Crippen LogP contribution < -0.4 is 4.74 Å². The highest BCUT2D eigenvalue weighted by atomic mass is 32.1. The van der Waals surface area contributed by atoms with Gasteiger partial charge in [0.05, 0.1) is 11.1 Å². The van der Waals surface area contributed by atoms with Gasteiger partial charge in [-0.3, -0.25) is 0 Å². The van der Waals surface area contributed by atoms with Crippen LogP contribution >= 0.6 is 11.3 Å². The molecule has 0 atom stereocenters. The normalized spacial score (nSPS) is 12.5. The molecule has 0 amide bonds. The van der Waals surface area contributed by atoms with Crippen LogP contribution in [0.15, 0.2) is 29.8 Å². The molecule has 0 saturated carbocycles. The van der Waals surface area contributed by atoms with E-state index in [-0.39, 0.29) is 11.3 Å². The summed E-state index contributed by atoms with van der Waals surface area (Å²) in [6, 6.07) is 1.17. The topological polar surface area (TPSA) is 22.1 Å². The number of nitrogens with zero attached hydrogens (tertiary/aromatic N) is 1. The van der Waals surface area contributed by atoms with E-state index in [1.807, 2.05) is 0 Å². The Balaban J connectivity index is 2.46. The average molecular weight is 313 g/mol. The third-order valence-electron chi connectivity index (χ3n) is 2.22. The number of hydrogen-bond acceptors (Lipinski definition) is 3. The summed E-state index contributed by atoms with van der Waals surface area (Å²) in [7, 11) is 0. The van der Waals surface area contributed by atoms with Crippen LogP contribution in [0.25, 0.3) is 0 Å². The van der Waals surface area contributed by atoms with Crippen LogP contribution in [0.4, 0.5) is 26.3 Å². The fraction of sp³-hybridized carbons (Fsp3) is 0.182. The van der Waals surface area contributed by atoms with Crippen molar-refractivity contribution in [1.29, 1.82) is 0 Å². The maximum atomic E-state index is 12.8. The summed E-state index contributed by atoms with van der Waals surface area (Å²) in [6.45, 7) is 0. The molecule has 0 aliphatic heterocycles. The van der Waals surface area contributed by atoms with E-state index >= 15 is 0 Å². The average Bonchev–Trinajstić information content (AvgIpc) is 2.79. The number of aromatic nitrogens is 1. The molecule has 1 heterocycles. The Morgan fingerprint density at radius 2 is 1.70 bits per heavy atom. The second-order valence-electron chi connectivity index (χ2n) is 3.61. The summed E-state index contributed by atoms with van der Waals surface area (Å²) in [5, 5.41) is 1.38. The van der Waals surface area contributed by atoms with E-state index in [0.29, 0.717) is 12.1 Å². The minimum absolute atomic E-state index is 0.0168. The first-order valence-electron chi connectivity index (χ1n) is 5.04. The molecule has 2 aromatic rings. The van der Waals surface area contributed by atoms with Crippen LogP contribution in [0.1, 0.15) is 11.1 Å². The van der Waals surface area contributed by atoms with Gasteiger partial charge in [-0.05, 0) is 18.2 Å². The van der Waals surface area contributed by atoms with Crippen LogP contribution in [-0.2, 0) is 12.4 Å². The number of benzene rings is 1. The van der Waals surface area contributed by atoms with Crippen molar-refractivity contribution in [2.45, 2.75) is 12.4 Å². The third kappa shape index (κ3) is 3.21. The van der Waals surface area contributed by atoms with Gasteiger partial charge in [-0.2, -0.15) is 26.3 Å². The molecule has 0 spiro atoms. The van der Waals surface area contributed by atoms with Crippen LogP contribution in [0.5, 0.6) is 10.9 Å². The standard InChI is InChI=1S/C11H5F6NOS/c12-10(13,14)6-1-2-8(7(5-6)11(15,16)17)19-9-18-3-4-20-9/h1-5H. The lowest BCUT2D eigenvalue weighted by atomic mass is 10.1. The number of rotatable bonds is 2. The van der Waals surface area contributed by atoms with Crippen LogP contribution in [-0.4, -0.2) is 4.98 Å². The Hall–Kier alpha value is -1.77. The van der Waals surface area contributed by atoms with Crippen molar-refractivity contribution in [3.05, 3.63) is 40.9 Å². The number of thiazole rings is 1. The van der Waals surface area contributed by atoms with Gasteiger partial charge in [-0.25, -0.2) is 4.98 Å². The fourth-order valence-electron chi connectivity index (χ4n) is 1.37. The molecule has 2 rings (SSSR count). The first-order chi connectivity index (χ1) is 9.18. The molecule has 1 aromatic heterocycles. The molecule has 0 N–H and O–H groups in total. The molecule has 0 radical (unpaired) electrons. The van der Waals surface area contributed by atoms with Crippen LogP contribution in [0.2, 0.25) is 0 Å². The molecule has 0 bridgehead atoms. The van der Waals surface area contributed by atoms with Crippen molar-refractivity contribution >= 4 is 11.3 Å². The summed E-state index contributed by atoms with van der Waals surface area (Å²) in [4.78, 5) is 3.61. The van der Waals surface area contributed by atoms with Crippen molar-refractivity contribution in [1.82, 2.24) is 4.98 Å². The second kappa shape index (κ2) is 4.97. The molecule has 20 heavy (non-hydrogen) atoms. The Bertz CT molecular complexity index is 590. The van der Waals surface area contributed by atoms with E-state index in [2.05, 4.69) is 4.98 Å². The van der Waals surface area contributed by atoms with Gasteiger partial charge in [0.25, 0.3) is 5.19 Å². The molecule has 0 unspecified atom stereocenters. The van der Waals surface area contributed by atoms with E-state index in [4.69, 9.17) is 4.74 Å². The smallest absolute Gasteiger partial charge is 0.420 e. The van der Waals surface area contributed by atoms with Gasteiger partial charge >= 0.3 is 12.4 Å². The molecule has 2 nitrogen and oxygen atoms in total. The molecular formula is C11H5F6NOS. The van der Waals surface area contributed by atoms with Gasteiger partial charge in [0, 0.05) is 11.6 Å². The van der Waals surface area contributed by atoms with E-state index < -0.39 is 29.2 Å². The Morgan fingerprint density at radius 3 is 2.20 bits per heavy atom. The Kier molecular flexibility index (Phi) is 3.63. The second-order valence-corrected chi connectivity index (χ2v) is 4.46. The van der Waals surface area contributed by atoms with Gasteiger partial charge in [-0.15, -0.1) is 0 Å². The quantitative estimate of drug-likeness (QED) is 0.730. The molecule has 0 saturated heterocycles. The van der Waals surface area contributed by atoms with Gasteiger partial charge in [0.2, 0.25) is 0 Å². The summed E-state index contributed by atoms with van der Waals surface area (Å²) in [6.07, 6.45) is -8.52. The lowest BCUT2D eigenvalue weighted by Crippen LogP contribution is -2.11. The molecular weight excluding hydrogens is 308 g/mol. The first-order valence-corrected chi connectivity index (χ1v) is 5.91. The number of ether oxygens (including phenoxy) is 1. The molecule has 0 aliphatic rings. The molecule has 108 valence electrons. The molecule has 0 aliphatic carbocycles. The maximum absolute atomic E-state index is 12.8. The zero-order valence-electron chi connectivity index (χ0n) is 9.42. The summed E-state index contributed by atoms with van der Waals surface area (Å²) < 4.78 is 80.5. The van der Waals surface area contributed by atoms with Gasteiger partial charge in [-0.1, -0.05) is 11.3 Å². The zero-order valence-corrected chi connectivity index (χ0v) is 10.2. The minimum atomic E-state index is -4.96. The summed E-state index contributed by atoms with van der Waals surface area (Å²) in [5.74, 6) is -0.722. The van der Waals surface area contributed by atoms with Crippen LogP contribution in [0, 0.1) is 0 Å². The van der Waals surface area contributed by atoms with E-state index in [9.17, 15) is 26.3 Å². The highest BCUT2D eigenvalue weighted by Crippen LogP contribution is 2.41. The lowest BCUT2D eigenvalue weighted by Gasteiger charge is -2.15. The SMILES string of the molecule is FC(F)(F)c1ccc(Oc2nccs2)c(C(F)(F)F)c1. The molecule has 9 heteroatoms. The zero-order chi connectivity index (χ0) is 15.0. The van der Waals surface area contributed by atoms with Crippen molar-refractivity contribution in [3.8, 4) is 10.9 Å². The van der Waals surface area contributed by atoms with Crippen LogP contribution in [0.3, 0.4) is 0 Å². The highest BCUT2D eigenvalue weighted by Gasteiger charge is 2.39. The monoisotopic (exact) mass is 313 g/mol. The van der Waals surface area contributed by atoms with Gasteiger partial charge < -0.3 is 4.74 Å². The Morgan fingerprint density at radius 1 is 1.00 bits per heavy atom. The van der Waals surface area contributed by atoms with E-state index in [1.54, 1.807) is 0 Å². The molecule has 0 fully saturated rings. The first kappa shape index (κ1) is 14.6. The molecule has 1 aromatic carbocycles. The van der Waals surface area contributed by atoms with Crippen molar-refractivity contribution in [3.63, 3.8) is 0 Å². The lowest BCUT2D eigenvalue weighted by molar-refractivity contribution is -0.143. The highest BCUT2D eigenvalue weighted by molar-refractivity contribution is 7.11. The minimum Gasteiger partial charge on any atom is -0.430 e. The number of halogens is 6. The van der Waals surface area contributed by atoms with Gasteiger partial charge in [0.15, 0.2) is 0 Å².